The van der Waals surface area contributed by atoms with Crippen LogP contribution in [0.4, 0.5) is 4.39 Å². The molecule has 3 nitrogen and oxygen atoms in total. The third-order valence-corrected chi connectivity index (χ3v) is 3.71. The number of amidine groups is 1. The number of alkyl halides is 1. The van der Waals surface area contributed by atoms with Gasteiger partial charge in [0.05, 0.1) is 6.04 Å². The second-order valence-electron chi connectivity index (χ2n) is 5.47. The van der Waals surface area contributed by atoms with Crippen LogP contribution in [0.2, 0.25) is 0 Å². The van der Waals surface area contributed by atoms with E-state index in [0.717, 1.165) is 18.9 Å². The summed E-state index contributed by atoms with van der Waals surface area (Å²) in [6, 6.07) is 0.113. The summed E-state index contributed by atoms with van der Waals surface area (Å²) in [4.78, 5) is 4.40. The lowest BCUT2D eigenvalue weighted by atomic mass is 10.0. The minimum absolute atomic E-state index is 0.113. The summed E-state index contributed by atoms with van der Waals surface area (Å²) in [5.41, 5.74) is 0. The van der Waals surface area contributed by atoms with E-state index in [9.17, 15) is 4.39 Å². The van der Waals surface area contributed by atoms with E-state index < -0.39 is 6.17 Å². The van der Waals surface area contributed by atoms with E-state index in [2.05, 4.69) is 30.7 Å². The molecule has 0 bridgehead atoms. The molecule has 0 aromatic carbocycles. The van der Waals surface area contributed by atoms with E-state index >= 15 is 0 Å². The van der Waals surface area contributed by atoms with Gasteiger partial charge in [-0.2, -0.15) is 5.10 Å². The summed E-state index contributed by atoms with van der Waals surface area (Å²) in [5, 5.41) is 5.64. The van der Waals surface area contributed by atoms with Crippen molar-refractivity contribution in [2.45, 2.75) is 51.7 Å². The van der Waals surface area contributed by atoms with Gasteiger partial charge < -0.3 is 0 Å². The van der Waals surface area contributed by atoms with E-state index in [1.807, 2.05) is 0 Å². The molecule has 0 aromatic heterocycles. The van der Waals surface area contributed by atoms with Crippen LogP contribution in [0.15, 0.2) is 10.1 Å². The molecule has 0 radical (unpaired) electrons. The van der Waals surface area contributed by atoms with Gasteiger partial charge in [-0.1, -0.05) is 26.7 Å². The number of hydrogen-bond donors (Lipinski definition) is 0. The molecule has 2 rings (SSSR count). The molecule has 2 unspecified atom stereocenters. The number of aliphatic imine (C=N–C) groups is 1. The second-order valence-corrected chi connectivity index (χ2v) is 5.47. The molecule has 1 aliphatic carbocycles. The first-order chi connectivity index (χ1) is 8.13. The Balaban J connectivity index is 1.99. The summed E-state index contributed by atoms with van der Waals surface area (Å²) < 4.78 is 13.9. The zero-order valence-electron chi connectivity index (χ0n) is 10.8. The topological polar surface area (TPSA) is 28.0 Å². The first kappa shape index (κ1) is 12.5. The largest absolute Gasteiger partial charge is 0.268 e. The van der Waals surface area contributed by atoms with Crippen molar-refractivity contribution in [2.24, 2.45) is 21.9 Å². The normalized spacial score (nSPS) is 31.5. The fourth-order valence-electron chi connectivity index (χ4n) is 2.40. The molecule has 1 saturated carbocycles. The van der Waals surface area contributed by atoms with Crippen LogP contribution >= 0.6 is 0 Å². The molecule has 4 heteroatoms. The lowest BCUT2D eigenvalue weighted by molar-refractivity contribution is 0.269. The lowest BCUT2D eigenvalue weighted by Crippen LogP contribution is -2.32. The molecule has 1 aliphatic heterocycles. The number of hydrazone groups is 1. The van der Waals surface area contributed by atoms with E-state index in [4.69, 9.17) is 0 Å². The van der Waals surface area contributed by atoms with Crippen molar-refractivity contribution in [3.63, 3.8) is 0 Å². The molecule has 0 amide bonds. The number of hydrogen-bond acceptors (Lipinski definition) is 2. The first-order valence-corrected chi connectivity index (χ1v) is 6.57. The minimum Gasteiger partial charge on any atom is -0.268 e. The van der Waals surface area contributed by atoms with Gasteiger partial charge in [0, 0.05) is 19.7 Å². The molecule has 96 valence electrons. The van der Waals surface area contributed by atoms with Crippen molar-refractivity contribution in [2.75, 3.05) is 6.54 Å². The average molecular weight is 239 g/mol. The van der Waals surface area contributed by atoms with Gasteiger partial charge in [0.1, 0.15) is 0 Å². The smallest absolute Gasteiger partial charge is 0.161 e. The Bertz CT molecular complexity index is 310. The standard InChI is InChI=1S/C13H22FN3/c1-9(2)12-8-11(14)13(17(12)15-3)16-7-6-10-4-5-10/h9-12H,3-8H2,1-2H3. The molecule has 2 fully saturated rings. The van der Waals surface area contributed by atoms with Crippen LogP contribution in [-0.2, 0) is 0 Å². The van der Waals surface area contributed by atoms with Crippen LogP contribution in [0.25, 0.3) is 0 Å². The molecule has 17 heavy (non-hydrogen) atoms. The zero-order valence-corrected chi connectivity index (χ0v) is 10.8. The van der Waals surface area contributed by atoms with Gasteiger partial charge in [-0.15, -0.1) is 0 Å². The Morgan fingerprint density at radius 3 is 2.71 bits per heavy atom. The Labute approximate surface area is 103 Å². The van der Waals surface area contributed by atoms with Crippen molar-refractivity contribution in [1.82, 2.24) is 5.01 Å². The molecule has 2 atom stereocenters. The summed E-state index contributed by atoms with van der Waals surface area (Å²) in [6.45, 7) is 8.45. The van der Waals surface area contributed by atoms with Crippen molar-refractivity contribution in [3.8, 4) is 0 Å². The van der Waals surface area contributed by atoms with Gasteiger partial charge in [0.15, 0.2) is 12.0 Å². The van der Waals surface area contributed by atoms with Gasteiger partial charge in [0.2, 0.25) is 0 Å². The van der Waals surface area contributed by atoms with E-state index in [-0.39, 0.29) is 6.04 Å². The Kier molecular flexibility index (Phi) is 3.79. The fraction of sp³-hybridized carbons (Fsp3) is 0.846. The molecular weight excluding hydrogens is 217 g/mol. The second kappa shape index (κ2) is 5.15. The van der Waals surface area contributed by atoms with Crippen molar-refractivity contribution >= 4 is 12.6 Å². The Morgan fingerprint density at radius 1 is 1.47 bits per heavy atom. The highest BCUT2D eigenvalue weighted by Gasteiger charge is 2.39. The quantitative estimate of drug-likeness (QED) is 0.678. The maximum absolute atomic E-state index is 13.9. The Hall–Kier alpha value is -0.930. The molecule has 0 spiro atoms. The summed E-state index contributed by atoms with van der Waals surface area (Å²) in [6.07, 6.45) is 3.27. The SMILES string of the molecule is C=NN1C(=NCCC2CC2)C(F)CC1C(C)C. The maximum Gasteiger partial charge on any atom is 0.161 e. The van der Waals surface area contributed by atoms with Crippen LogP contribution in [0, 0.1) is 11.8 Å². The number of nitrogens with zero attached hydrogens (tertiary/aromatic N) is 3. The average Bonchev–Trinajstić information content (AvgIpc) is 3.04. The van der Waals surface area contributed by atoms with Crippen molar-refractivity contribution in [1.29, 1.82) is 0 Å². The third-order valence-electron chi connectivity index (χ3n) is 3.71. The lowest BCUT2D eigenvalue weighted by Gasteiger charge is -2.23. The Morgan fingerprint density at radius 2 is 2.18 bits per heavy atom. The predicted molar refractivity (Wildman–Crippen MR) is 69.2 cm³/mol. The summed E-state index contributed by atoms with van der Waals surface area (Å²) in [7, 11) is 0. The number of halogens is 1. The van der Waals surface area contributed by atoms with Gasteiger partial charge in [0.25, 0.3) is 0 Å². The van der Waals surface area contributed by atoms with Crippen LogP contribution < -0.4 is 0 Å². The van der Waals surface area contributed by atoms with E-state index in [1.165, 1.54) is 12.8 Å². The van der Waals surface area contributed by atoms with Gasteiger partial charge >= 0.3 is 0 Å². The van der Waals surface area contributed by atoms with Gasteiger partial charge in [-0.3, -0.25) is 4.99 Å². The van der Waals surface area contributed by atoms with Crippen LogP contribution in [0.1, 0.15) is 39.5 Å². The molecular formula is C13H22FN3. The number of rotatable bonds is 5. The summed E-state index contributed by atoms with van der Waals surface area (Å²) in [5.74, 6) is 1.71. The van der Waals surface area contributed by atoms with Gasteiger partial charge in [-0.25, -0.2) is 9.40 Å². The van der Waals surface area contributed by atoms with Crippen LogP contribution in [-0.4, -0.2) is 36.3 Å². The highest BCUT2D eigenvalue weighted by Crippen LogP contribution is 2.33. The van der Waals surface area contributed by atoms with E-state index in [0.29, 0.717) is 18.2 Å². The van der Waals surface area contributed by atoms with Crippen molar-refractivity contribution < 1.29 is 4.39 Å². The first-order valence-electron chi connectivity index (χ1n) is 6.57. The van der Waals surface area contributed by atoms with Gasteiger partial charge in [-0.05, 0) is 18.3 Å². The van der Waals surface area contributed by atoms with Crippen LogP contribution in [0.3, 0.4) is 0 Å². The third kappa shape index (κ3) is 2.85. The molecule has 1 heterocycles. The fourth-order valence-corrected chi connectivity index (χ4v) is 2.40. The highest BCUT2D eigenvalue weighted by atomic mass is 19.1. The maximum atomic E-state index is 13.9. The molecule has 1 saturated heterocycles. The van der Waals surface area contributed by atoms with Crippen LogP contribution in [0.5, 0.6) is 0 Å². The van der Waals surface area contributed by atoms with E-state index in [1.54, 1.807) is 5.01 Å². The van der Waals surface area contributed by atoms with Crippen molar-refractivity contribution in [3.05, 3.63) is 0 Å². The minimum atomic E-state index is -0.966. The monoisotopic (exact) mass is 239 g/mol. The highest BCUT2D eigenvalue weighted by molar-refractivity contribution is 5.89. The summed E-state index contributed by atoms with van der Waals surface area (Å²) >= 11 is 0. The predicted octanol–water partition coefficient (Wildman–Crippen LogP) is 2.87. The molecule has 2 aliphatic rings. The molecule has 0 N–H and O–H groups in total. The zero-order chi connectivity index (χ0) is 12.4. The molecule has 0 aromatic rings.